The first kappa shape index (κ1) is 18.4. The highest BCUT2D eigenvalue weighted by molar-refractivity contribution is 6.33. The summed E-state index contributed by atoms with van der Waals surface area (Å²) in [4.78, 5) is 17.8. The van der Waals surface area contributed by atoms with Gasteiger partial charge in [0.05, 0.1) is 22.2 Å². The molecule has 0 N–H and O–H groups in total. The van der Waals surface area contributed by atoms with Gasteiger partial charge in [-0.2, -0.15) is 18.3 Å². The molecule has 12 heteroatoms. The second-order valence-electron chi connectivity index (χ2n) is 5.77. The van der Waals surface area contributed by atoms with E-state index < -0.39 is 16.7 Å². The summed E-state index contributed by atoms with van der Waals surface area (Å²) in [7, 11) is 0. The van der Waals surface area contributed by atoms with Crippen LogP contribution in [-0.2, 0) is 12.8 Å². The number of hydrogen-bond donors (Lipinski definition) is 0. The first-order valence-corrected chi connectivity index (χ1v) is 7.99. The van der Waals surface area contributed by atoms with Crippen LogP contribution in [0.25, 0.3) is 0 Å². The van der Waals surface area contributed by atoms with E-state index >= 15 is 0 Å². The molecule has 1 aliphatic rings. The molecule has 1 fully saturated rings. The summed E-state index contributed by atoms with van der Waals surface area (Å²) >= 11 is 5.97. The number of nitrogens with zero attached hydrogens (tertiary/aromatic N) is 6. The lowest BCUT2D eigenvalue weighted by Gasteiger charge is -2.35. The van der Waals surface area contributed by atoms with E-state index in [1.165, 1.54) is 17.1 Å². The van der Waals surface area contributed by atoms with Crippen LogP contribution < -0.4 is 4.90 Å². The van der Waals surface area contributed by atoms with E-state index in [1.807, 2.05) is 9.80 Å². The van der Waals surface area contributed by atoms with Gasteiger partial charge in [-0.3, -0.25) is 19.7 Å². The Morgan fingerprint density at radius 3 is 2.46 bits per heavy atom. The van der Waals surface area contributed by atoms with Crippen molar-refractivity contribution in [3.63, 3.8) is 0 Å². The molecular weight excluding hydrogens is 377 g/mol. The average Bonchev–Trinajstić information content (AvgIpc) is 3.04. The molecule has 8 nitrogen and oxygen atoms in total. The molecular formula is C14H14ClF3N6O2. The molecule has 26 heavy (non-hydrogen) atoms. The van der Waals surface area contributed by atoms with E-state index in [0.29, 0.717) is 38.7 Å². The lowest BCUT2D eigenvalue weighted by atomic mass is 10.2. The molecule has 140 valence electrons. The van der Waals surface area contributed by atoms with Crippen molar-refractivity contribution < 1.29 is 18.1 Å². The molecule has 0 amide bonds. The molecule has 0 bridgehead atoms. The number of halogens is 4. The molecule has 3 heterocycles. The first-order valence-electron chi connectivity index (χ1n) is 7.61. The van der Waals surface area contributed by atoms with Gasteiger partial charge in [-0.05, 0) is 6.07 Å². The number of aromatic nitrogens is 3. The van der Waals surface area contributed by atoms with Crippen molar-refractivity contribution in [2.75, 3.05) is 31.1 Å². The van der Waals surface area contributed by atoms with Crippen molar-refractivity contribution in [2.24, 2.45) is 0 Å². The summed E-state index contributed by atoms with van der Waals surface area (Å²) in [6, 6.07) is 0.874. The van der Waals surface area contributed by atoms with Crippen LogP contribution in [0.4, 0.5) is 24.7 Å². The van der Waals surface area contributed by atoms with Gasteiger partial charge in [0.1, 0.15) is 18.2 Å². The van der Waals surface area contributed by atoms with E-state index in [9.17, 15) is 23.3 Å². The predicted molar refractivity (Wildman–Crippen MR) is 86.9 cm³/mol. The normalized spacial score (nSPS) is 16.1. The number of pyridine rings is 1. The summed E-state index contributed by atoms with van der Waals surface area (Å²) in [6.45, 7) is 2.60. The second kappa shape index (κ2) is 7.08. The fourth-order valence-corrected chi connectivity index (χ4v) is 2.93. The number of anilines is 1. The highest BCUT2D eigenvalue weighted by Crippen LogP contribution is 2.33. The van der Waals surface area contributed by atoms with Crippen LogP contribution in [0, 0.1) is 10.1 Å². The van der Waals surface area contributed by atoms with Gasteiger partial charge in [0.25, 0.3) is 0 Å². The third-order valence-electron chi connectivity index (χ3n) is 4.00. The maximum absolute atomic E-state index is 12.7. The minimum atomic E-state index is -4.49. The zero-order valence-electron chi connectivity index (χ0n) is 13.4. The van der Waals surface area contributed by atoms with Gasteiger partial charge in [-0.1, -0.05) is 11.6 Å². The zero-order valence-corrected chi connectivity index (χ0v) is 14.1. The number of alkyl halides is 3. The van der Waals surface area contributed by atoms with Crippen LogP contribution in [0.2, 0.25) is 5.02 Å². The van der Waals surface area contributed by atoms with E-state index in [-0.39, 0.29) is 10.7 Å². The third kappa shape index (κ3) is 4.05. The SMILES string of the molecule is O=[N+]([O-])c1cnn(CN2CCN(c3ncc(C(F)(F)F)cc3Cl)CC2)c1. The smallest absolute Gasteiger partial charge is 0.353 e. The van der Waals surface area contributed by atoms with Crippen LogP contribution in [-0.4, -0.2) is 50.8 Å². The highest BCUT2D eigenvalue weighted by atomic mass is 35.5. The number of hydrogen-bond acceptors (Lipinski definition) is 6. The maximum Gasteiger partial charge on any atom is 0.417 e. The van der Waals surface area contributed by atoms with E-state index in [0.717, 1.165) is 12.3 Å². The van der Waals surface area contributed by atoms with Crippen LogP contribution in [0.3, 0.4) is 0 Å². The minimum absolute atomic E-state index is 0.0454. The average molecular weight is 391 g/mol. The zero-order chi connectivity index (χ0) is 18.9. The standard InChI is InChI=1S/C14H14ClF3N6O2/c15-12-5-10(14(16,17)18)6-19-13(12)22-3-1-21(2-4-22)9-23-8-11(7-20-23)24(25)26/h5-8H,1-4,9H2. The molecule has 0 spiro atoms. The monoisotopic (exact) mass is 390 g/mol. The van der Waals surface area contributed by atoms with Crippen molar-refractivity contribution in [2.45, 2.75) is 12.8 Å². The largest absolute Gasteiger partial charge is 0.417 e. The van der Waals surface area contributed by atoms with Crippen LogP contribution >= 0.6 is 11.6 Å². The Labute approximate surface area is 150 Å². The molecule has 0 atom stereocenters. The molecule has 0 aliphatic carbocycles. The van der Waals surface area contributed by atoms with E-state index in [1.54, 1.807) is 0 Å². The number of rotatable bonds is 4. The Balaban J connectivity index is 1.60. The molecule has 0 aromatic carbocycles. The van der Waals surface area contributed by atoms with Crippen molar-refractivity contribution in [1.29, 1.82) is 0 Å². The molecule has 2 aromatic heterocycles. The molecule has 0 unspecified atom stereocenters. The summed E-state index contributed by atoms with van der Waals surface area (Å²) in [6.07, 6.45) is -1.18. The predicted octanol–water partition coefficient (Wildman–Crippen LogP) is 2.64. The van der Waals surface area contributed by atoms with Crippen molar-refractivity contribution in [1.82, 2.24) is 19.7 Å². The Bertz CT molecular complexity index is 804. The first-order chi connectivity index (χ1) is 12.2. The lowest BCUT2D eigenvalue weighted by molar-refractivity contribution is -0.385. The van der Waals surface area contributed by atoms with Crippen molar-refractivity contribution in [3.8, 4) is 0 Å². The van der Waals surface area contributed by atoms with Crippen molar-refractivity contribution >= 4 is 23.1 Å². The van der Waals surface area contributed by atoms with Gasteiger partial charge >= 0.3 is 11.9 Å². The van der Waals surface area contributed by atoms with Gasteiger partial charge in [-0.25, -0.2) is 4.98 Å². The third-order valence-corrected chi connectivity index (χ3v) is 4.27. The Morgan fingerprint density at radius 1 is 1.23 bits per heavy atom. The van der Waals surface area contributed by atoms with Gasteiger partial charge in [0, 0.05) is 32.4 Å². The van der Waals surface area contributed by atoms with Gasteiger partial charge in [0.2, 0.25) is 0 Å². The Morgan fingerprint density at radius 2 is 1.92 bits per heavy atom. The Hall–Kier alpha value is -2.40. The molecule has 3 rings (SSSR count). The van der Waals surface area contributed by atoms with E-state index in [2.05, 4.69) is 10.1 Å². The lowest BCUT2D eigenvalue weighted by Crippen LogP contribution is -2.47. The summed E-state index contributed by atoms with van der Waals surface area (Å²) < 4.78 is 39.5. The van der Waals surface area contributed by atoms with E-state index in [4.69, 9.17) is 11.6 Å². The van der Waals surface area contributed by atoms with Gasteiger partial charge in [-0.15, -0.1) is 0 Å². The second-order valence-corrected chi connectivity index (χ2v) is 6.18. The van der Waals surface area contributed by atoms with Gasteiger partial charge in [0.15, 0.2) is 0 Å². The number of nitro groups is 1. The molecule has 1 aliphatic heterocycles. The topological polar surface area (TPSA) is 80.3 Å². The Kier molecular flexibility index (Phi) is 5.01. The molecule has 0 saturated carbocycles. The fraction of sp³-hybridized carbons (Fsp3) is 0.429. The fourth-order valence-electron chi connectivity index (χ4n) is 2.65. The summed E-state index contributed by atoms with van der Waals surface area (Å²) in [5.41, 5.74) is -0.963. The summed E-state index contributed by atoms with van der Waals surface area (Å²) in [5.74, 6) is 0.314. The molecule has 0 radical (unpaired) electrons. The van der Waals surface area contributed by atoms with Crippen LogP contribution in [0.1, 0.15) is 5.56 Å². The summed E-state index contributed by atoms with van der Waals surface area (Å²) in [5, 5.41) is 14.6. The minimum Gasteiger partial charge on any atom is -0.353 e. The van der Waals surface area contributed by atoms with Crippen LogP contribution in [0.5, 0.6) is 0 Å². The maximum atomic E-state index is 12.7. The quantitative estimate of drug-likeness (QED) is 0.589. The molecule has 1 saturated heterocycles. The van der Waals surface area contributed by atoms with Crippen molar-refractivity contribution in [3.05, 3.63) is 45.4 Å². The number of piperazine rings is 1. The van der Waals surface area contributed by atoms with Crippen LogP contribution in [0.15, 0.2) is 24.7 Å². The molecule has 2 aromatic rings. The highest BCUT2D eigenvalue weighted by Gasteiger charge is 2.32. The van der Waals surface area contributed by atoms with Gasteiger partial charge < -0.3 is 4.90 Å².